The van der Waals surface area contributed by atoms with Crippen LogP contribution < -0.4 is 4.18 Å². The summed E-state index contributed by atoms with van der Waals surface area (Å²) in [6.45, 7) is 1.91. The lowest BCUT2D eigenvalue weighted by atomic mass is 10.2. The quantitative estimate of drug-likeness (QED) is 0.420. The van der Waals surface area contributed by atoms with Gasteiger partial charge < -0.3 is 4.18 Å². The van der Waals surface area contributed by atoms with Crippen molar-refractivity contribution in [3.63, 3.8) is 0 Å². The van der Waals surface area contributed by atoms with Gasteiger partial charge in [0.1, 0.15) is 10.6 Å². The van der Waals surface area contributed by atoms with Crippen molar-refractivity contribution < 1.29 is 12.6 Å². The molecule has 0 N–H and O–H groups in total. The summed E-state index contributed by atoms with van der Waals surface area (Å²) in [4.78, 5) is 1.24. The Bertz CT molecular complexity index is 933. The molecule has 5 heteroatoms. The van der Waals surface area contributed by atoms with Crippen LogP contribution in [0.3, 0.4) is 0 Å². The molecule has 0 fully saturated rings. The van der Waals surface area contributed by atoms with Crippen molar-refractivity contribution in [2.24, 2.45) is 0 Å². The van der Waals surface area contributed by atoms with E-state index in [9.17, 15) is 8.42 Å². The summed E-state index contributed by atoms with van der Waals surface area (Å²) < 4.78 is 29.8. The van der Waals surface area contributed by atoms with Crippen LogP contribution in [0.25, 0.3) is 0 Å². The number of thioether (sulfide) groups is 1. The van der Waals surface area contributed by atoms with E-state index in [2.05, 4.69) is 12.1 Å². The summed E-state index contributed by atoms with van der Waals surface area (Å²) in [5, 5.41) is 0. The standard InChI is InChI=1S/C21H20O3S2/c1-17-7-13-21(14-8-17)26(22,23)24-19-9-11-20(12-10-19)25-16-15-18-5-3-2-4-6-18/h2-14H,15-16H2,1H3. The van der Waals surface area contributed by atoms with E-state index in [0.29, 0.717) is 5.75 Å². The molecule has 26 heavy (non-hydrogen) atoms. The second kappa shape index (κ2) is 8.43. The van der Waals surface area contributed by atoms with Gasteiger partial charge in [-0.25, -0.2) is 0 Å². The maximum Gasteiger partial charge on any atom is 0.339 e. The van der Waals surface area contributed by atoms with Crippen LogP contribution in [0.5, 0.6) is 5.75 Å². The highest BCUT2D eigenvalue weighted by Gasteiger charge is 2.16. The third-order valence-electron chi connectivity index (χ3n) is 3.84. The van der Waals surface area contributed by atoms with Gasteiger partial charge in [-0.2, -0.15) is 8.42 Å². The first kappa shape index (κ1) is 18.5. The highest BCUT2D eigenvalue weighted by molar-refractivity contribution is 7.99. The number of rotatable bonds is 7. The van der Waals surface area contributed by atoms with Crippen LogP contribution in [-0.2, 0) is 16.5 Å². The molecule has 0 heterocycles. The van der Waals surface area contributed by atoms with E-state index in [4.69, 9.17) is 4.18 Å². The van der Waals surface area contributed by atoms with Gasteiger partial charge in [-0.1, -0.05) is 48.0 Å². The van der Waals surface area contributed by atoms with E-state index in [-0.39, 0.29) is 4.90 Å². The largest absolute Gasteiger partial charge is 0.379 e. The van der Waals surface area contributed by atoms with Crippen LogP contribution in [0.2, 0.25) is 0 Å². The van der Waals surface area contributed by atoms with Crippen LogP contribution in [0.1, 0.15) is 11.1 Å². The minimum atomic E-state index is -3.80. The Morgan fingerprint density at radius 1 is 0.846 bits per heavy atom. The predicted octanol–water partition coefficient (Wildman–Crippen LogP) is 5.10. The van der Waals surface area contributed by atoms with Crippen LogP contribution in [-0.4, -0.2) is 14.2 Å². The van der Waals surface area contributed by atoms with Crippen LogP contribution in [0.4, 0.5) is 0 Å². The molecule has 0 aliphatic carbocycles. The molecule has 0 amide bonds. The van der Waals surface area contributed by atoms with Gasteiger partial charge in [0.15, 0.2) is 0 Å². The minimum Gasteiger partial charge on any atom is -0.379 e. The molecule has 0 saturated heterocycles. The lowest BCUT2D eigenvalue weighted by molar-refractivity contribution is 0.486. The number of aryl methyl sites for hydroxylation is 2. The summed E-state index contributed by atoms with van der Waals surface area (Å²) in [5.74, 6) is 1.28. The Labute approximate surface area is 159 Å². The van der Waals surface area contributed by atoms with Crippen LogP contribution in [0, 0.1) is 6.92 Å². The van der Waals surface area contributed by atoms with E-state index in [1.54, 1.807) is 48.2 Å². The van der Waals surface area contributed by atoms with Crippen molar-refractivity contribution in [2.45, 2.75) is 23.1 Å². The Balaban J connectivity index is 1.58. The second-order valence-electron chi connectivity index (χ2n) is 5.91. The van der Waals surface area contributed by atoms with Gasteiger partial charge in [-0.3, -0.25) is 0 Å². The SMILES string of the molecule is Cc1ccc(S(=O)(=O)Oc2ccc(SCCc3ccccc3)cc2)cc1. The molecule has 0 aliphatic rings. The van der Waals surface area contributed by atoms with Gasteiger partial charge in [-0.15, -0.1) is 11.8 Å². The zero-order valence-corrected chi connectivity index (χ0v) is 16.1. The second-order valence-corrected chi connectivity index (χ2v) is 8.62. The summed E-state index contributed by atoms with van der Waals surface area (Å²) in [7, 11) is -3.80. The Hall–Kier alpha value is -2.24. The zero-order valence-electron chi connectivity index (χ0n) is 14.5. The van der Waals surface area contributed by atoms with Gasteiger partial charge in [0.2, 0.25) is 0 Å². The van der Waals surface area contributed by atoms with E-state index in [0.717, 1.165) is 22.6 Å². The Morgan fingerprint density at radius 2 is 1.50 bits per heavy atom. The first-order valence-electron chi connectivity index (χ1n) is 8.31. The lowest BCUT2D eigenvalue weighted by Gasteiger charge is -2.08. The summed E-state index contributed by atoms with van der Waals surface area (Å²) in [6, 6.07) is 24.1. The van der Waals surface area contributed by atoms with Gasteiger partial charge in [0.05, 0.1) is 0 Å². The molecule has 3 rings (SSSR count). The molecule has 0 unspecified atom stereocenters. The van der Waals surface area contributed by atoms with Crippen molar-refractivity contribution in [1.29, 1.82) is 0 Å². The molecule has 0 radical (unpaired) electrons. The van der Waals surface area contributed by atoms with Crippen molar-refractivity contribution in [1.82, 2.24) is 0 Å². The smallest absolute Gasteiger partial charge is 0.339 e. The van der Waals surface area contributed by atoms with E-state index in [1.165, 1.54) is 5.56 Å². The molecular weight excluding hydrogens is 364 g/mol. The third kappa shape index (κ3) is 5.13. The minimum absolute atomic E-state index is 0.157. The Morgan fingerprint density at radius 3 is 2.15 bits per heavy atom. The van der Waals surface area contributed by atoms with Crippen LogP contribution in [0.15, 0.2) is 88.7 Å². The van der Waals surface area contributed by atoms with Crippen molar-refractivity contribution in [3.8, 4) is 5.75 Å². The maximum atomic E-state index is 12.3. The zero-order chi connectivity index (χ0) is 18.4. The predicted molar refractivity (Wildman–Crippen MR) is 106 cm³/mol. The highest BCUT2D eigenvalue weighted by Crippen LogP contribution is 2.24. The Kier molecular flexibility index (Phi) is 6.01. The molecule has 0 atom stereocenters. The number of hydrogen-bond donors (Lipinski definition) is 0. The molecule has 134 valence electrons. The van der Waals surface area contributed by atoms with Crippen LogP contribution >= 0.6 is 11.8 Å². The van der Waals surface area contributed by atoms with Gasteiger partial charge in [0.25, 0.3) is 0 Å². The average molecular weight is 385 g/mol. The summed E-state index contributed by atoms with van der Waals surface area (Å²) in [5.41, 5.74) is 2.31. The molecule has 0 saturated carbocycles. The highest BCUT2D eigenvalue weighted by atomic mass is 32.2. The monoisotopic (exact) mass is 384 g/mol. The molecule has 3 nitrogen and oxygen atoms in total. The van der Waals surface area contributed by atoms with Gasteiger partial charge in [0, 0.05) is 10.6 Å². The lowest BCUT2D eigenvalue weighted by Crippen LogP contribution is -2.09. The molecular formula is C21H20O3S2. The molecule has 0 aliphatic heterocycles. The third-order valence-corrected chi connectivity index (χ3v) is 6.12. The van der Waals surface area contributed by atoms with Crippen molar-refractivity contribution >= 4 is 21.9 Å². The fourth-order valence-electron chi connectivity index (χ4n) is 2.40. The van der Waals surface area contributed by atoms with Crippen molar-refractivity contribution in [3.05, 3.63) is 90.0 Å². The normalized spacial score (nSPS) is 11.3. The van der Waals surface area contributed by atoms with Gasteiger partial charge in [-0.05, 0) is 55.3 Å². The van der Waals surface area contributed by atoms with Crippen molar-refractivity contribution in [2.75, 3.05) is 5.75 Å². The molecule has 0 spiro atoms. The molecule has 0 bridgehead atoms. The average Bonchev–Trinajstić information content (AvgIpc) is 2.64. The van der Waals surface area contributed by atoms with E-state index in [1.807, 2.05) is 37.3 Å². The molecule has 3 aromatic carbocycles. The molecule has 3 aromatic rings. The molecule has 0 aromatic heterocycles. The first-order valence-corrected chi connectivity index (χ1v) is 10.7. The van der Waals surface area contributed by atoms with Gasteiger partial charge >= 0.3 is 10.1 Å². The summed E-state index contributed by atoms with van der Waals surface area (Å²) in [6.07, 6.45) is 0.992. The topological polar surface area (TPSA) is 43.4 Å². The number of hydrogen-bond acceptors (Lipinski definition) is 4. The maximum absolute atomic E-state index is 12.3. The first-order chi connectivity index (χ1) is 12.5. The van der Waals surface area contributed by atoms with E-state index < -0.39 is 10.1 Å². The fraction of sp³-hybridized carbons (Fsp3) is 0.143. The van der Waals surface area contributed by atoms with E-state index >= 15 is 0 Å². The summed E-state index contributed by atoms with van der Waals surface area (Å²) >= 11 is 1.73. The number of benzene rings is 3. The fourth-order valence-corrected chi connectivity index (χ4v) is 4.23.